The molecule has 1 N–H and O–H groups in total. The predicted molar refractivity (Wildman–Crippen MR) is 121 cm³/mol. The van der Waals surface area contributed by atoms with Gasteiger partial charge in [0.05, 0.1) is 21.1 Å². The van der Waals surface area contributed by atoms with Crippen LogP contribution in [-0.2, 0) is 10.0 Å². The molecule has 12 heteroatoms. The monoisotopic (exact) mass is 473 g/mol. The molecule has 4 rings (SSSR count). The van der Waals surface area contributed by atoms with E-state index in [2.05, 4.69) is 14.6 Å². The number of sulfonamides is 1. The molecule has 0 radical (unpaired) electrons. The number of carbonyl (C=O) groups excluding carboxylic acids is 1. The smallest absolute Gasteiger partial charge is 0.270 e. The lowest BCUT2D eigenvalue weighted by atomic mass is 10.1. The highest BCUT2D eigenvalue weighted by Crippen LogP contribution is 2.25. The third-order valence-corrected chi connectivity index (χ3v) is 7.19. The Bertz CT molecular complexity index is 1240. The number of hydrogen-bond acceptors (Lipinski definition) is 8. The summed E-state index contributed by atoms with van der Waals surface area (Å²) in [7, 11) is -4.13. The Kier molecular flexibility index (Phi) is 6.06. The van der Waals surface area contributed by atoms with Crippen LogP contribution in [0.5, 0.6) is 0 Å². The lowest BCUT2D eigenvalue weighted by molar-refractivity contribution is -0.385. The molecule has 0 unspecified atom stereocenters. The van der Waals surface area contributed by atoms with Crippen LogP contribution in [0.1, 0.15) is 10.4 Å². The number of nitrogens with zero attached hydrogens (tertiary/aromatic N) is 4. The van der Waals surface area contributed by atoms with Gasteiger partial charge < -0.3 is 9.80 Å². The number of anilines is 2. The van der Waals surface area contributed by atoms with Crippen LogP contribution in [-0.4, -0.2) is 55.3 Å². The number of nitro groups is 1. The van der Waals surface area contributed by atoms with Crippen LogP contribution in [0, 0.1) is 10.1 Å². The number of benzene rings is 2. The molecule has 166 valence electrons. The van der Waals surface area contributed by atoms with E-state index in [1.807, 2.05) is 5.38 Å². The minimum Gasteiger partial charge on any atom is -0.345 e. The van der Waals surface area contributed by atoms with E-state index >= 15 is 0 Å². The molecule has 0 aliphatic carbocycles. The second-order valence-electron chi connectivity index (χ2n) is 7.00. The van der Waals surface area contributed by atoms with Crippen LogP contribution in [0.4, 0.5) is 16.5 Å². The fourth-order valence-corrected chi connectivity index (χ4v) is 5.19. The molecule has 1 aromatic heterocycles. The van der Waals surface area contributed by atoms with E-state index in [9.17, 15) is 23.3 Å². The normalized spacial score (nSPS) is 14.2. The van der Waals surface area contributed by atoms with Gasteiger partial charge in [0.1, 0.15) is 0 Å². The van der Waals surface area contributed by atoms with Gasteiger partial charge in [-0.15, -0.1) is 11.3 Å². The fraction of sp³-hybridized carbons (Fsp3) is 0.200. The van der Waals surface area contributed by atoms with Crippen molar-refractivity contribution in [1.82, 2.24) is 9.88 Å². The van der Waals surface area contributed by atoms with Crippen LogP contribution in [0.3, 0.4) is 0 Å². The van der Waals surface area contributed by atoms with Gasteiger partial charge in [0.25, 0.3) is 21.6 Å². The number of piperazine rings is 1. The van der Waals surface area contributed by atoms with Gasteiger partial charge in [-0.1, -0.05) is 18.2 Å². The van der Waals surface area contributed by atoms with E-state index in [1.165, 1.54) is 35.6 Å². The van der Waals surface area contributed by atoms with Gasteiger partial charge in [0.15, 0.2) is 5.13 Å². The van der Waals surface area contributed by atoms with Gasteiger partial charge >= 0.3 is 0 Å². The van der Waals surface area contributed by atoms with Crippen molar-refractivity contribution in [1.29, 1.82) is 0 Å². The van der Waals surface area contributed by atoms with Gasteiger partial charge in [-0.05, 0) is 18.2 Å². The fourth-order valence-electron chi connectivity index (χ4n) is 3.37. The second-order valence-corrected chi connectivity index (χ2v) is 9.55. The van der Waals surface area contributed by atoms with Crippen molar-refractivity contribution >= 4 is 43.8 Å². The first kappa shape index (κ1) is 21.7. The van der Waals surface area contributed by atoms with Crippen molar-refractivity contribution in [2.24, 2.45) is 0 Å². The highest BCUT2D eigenvalue weighted by atomic mass is 32.2. The summed E-state index contributed by atoms with van der Waals surface area (Å²) >= 11 is 1.54. The Morgan fingerprint density at radius 1 is 1.09 bits per heavy atom. The van der Waals surface area contributed by atoms with E-state index in [1.54, 1.807) is 29.3 Å². The van der Waals surface area contributed by atoms with Gasteiger partial charge in [0, 0.05) is 49.9 Å². The van der Waals surface area contributed by atoms with Gasteiger partial charge in [-0.25, -0.2) is 13.4 Å². The molecule has 3 aromatic rings. The number of para-hydroxylation sites is 1. The van der Waals surface area contributed by atoms with Crippen molar-refractivity contribution in [2.45, 2.75) is 4.90 Å². The van der Waals surface area contributed by atoms with Crippen LogP contribution < -0.4 is 9.62 Å². The Hall–Kier alpha value is -3.51. The third-order valence-electron chi connectivity index (χ3n) is 5.00. The molecule has 1 aliphatic heterocycles. The molecule has 0 bridgehead atoms. The number of amides is 1. The minimum atomic E-state index is -4.13. The Labute approximate surface area is 188 Å². The van der Waals surface area contributed by atoms with Crippen LogP contribution in [0.15, 0.2) is 65.0 Å². The van der Waals surface area contributed by atoms with E-state index < -0.39 is 14.9 Å². The molecule has 0 saturated carbocycles. The first-order chi connectivity index (χ1) is 15.3. The average Bonchev–Trinajstić information content (AvgIpc) is 3.34. The molecule has 1 fully saturated rings. The predicted octanol–water partition coefficient (Wildman–Crippen LogP) is 2.81. The van der Waals surface area contributed by atoms with E-state index in [-0.39, 0.29) is 27.7 Å². The number of nitrogens with one attached hydrogen (secondary N) is 1. The largest absolute Gasteiger partial charge is 0.345 e. The lowest BCUT2D eigenvalue weighted by Gasteiger charge is -2.34. The highest BCUT2D eigenvalue weighted by molar-refractivity contribution is 7.92. The summed E-state index contributed by atoms with van der Waals surface area (Å²) in [6, 6.07) is 11.1. The zero-order chi connectivity index (χ0) is 22.7. The van der Waals surface area contributed by atoms with Crippen molar-refractivity contribution in [2.75, 3.05) is 35.8 Å². The number of aromatic nitrogens is 1. The number of carbonyl (C=O) groups is 1. The van der Waals surface area contributed by atoms with Crippen molar-refractivity contribution in [3.63, 3.8) is 0 Å². The zero-order valence-corrected chi connectivity index (χ0v) is 18.4. The highest BCUT2D eigenvalue weighted by Gasteiger charge is 2.26. The van der Waals surface area contributed by atoms with Crippen LogP contribution in [0.25, 0.3) is 0 Å². The van der Waals surface area contributed by atoms with Crippen molar-refractivity contribution in [3.8, 4) is 0 Å². The molecule has 0 atom stereocenters. The standard InChI is InChI=1S/C20H19N5O5S2/c26-19(23-9-11-24(12-10-23)20-21-8-13-31-20)17-6-1-2-7-18(17)22-32(29,30)16-5-3-4-15(14-16)25(27)28/h1-8,13-14,22H,9-12H2. The first-order valence-corrected chi connectivity index (χ1v) is 12.0. The summed E-state index contributed by atoms with van der Waals surface area (Å²) in [5.41, 5.74) is -0.00842. The maximum absolute atomic E-state index is 13.1. The Balaban J connectivity index is 1.52. The van der Waals surface area contributed by atoms with Gasteiger partial charge in [-0.2, -0.15) is 0 Å². The average molecular weight is 474 g/mol. The quantitative estimate of drug-likeness (QED) is 0.431. The van der Waals surface area contributed by atoms with E-state index in [0.29, 0.717) is 26.2 Å². The second kappa shape index (κ2) is 8.93. The molecule has 10 nitrogen and oxygen atoms in total. The van der Waals surface area contributed by atoms with E-state index in [0.717, 1.165) is 11.2 Å². The summed E-state index contributed by atoms with van der Waals surface area (Å²) in [6.07, 6.45) is 1.74. The SMILES string of the molecule is O=C(c1ccccc1NS(=O)(=O)c1cccc([N+](=O)[O-])c1)N1CCN(c2nccs2)CC1. The maximum Gasteiger partial charge on any atom is 0.270 e. The maximum atomic E-state index is 13.1. The third kappa shape index (κ3) is 4.55. The number of thiazole rings is 1. The van der Waals surface area contributed by atoms with Crippen molar-refractivity contribution < 1.29 is 18.1 Å². The summed E-state index contributed by atoms with van der Waals surface area (Å²) < 4.78 is 28.1. The molecular weight excluding hydrogens is 454 g/mol. The molecule has 1 amide bonds. The van der Waals surface area contributed by atoms with Crippen molar-refractivity contribution in [3.05, 3.63) is 75.8 Å². The number of hydrogen-bond donors (Lipinski definition) is 1. The lowest BCUT2D eigenvalue weighted by Crippen LogP contribution is -2.48. The molecule has 1 aliphatic rings. The number of nitro benzene ring substituents is 1. The topological polar surface area (TPSA) is 126 Å². The van der Waals surface area contributed by atoms with Crippen LogP contribution >= 0.6 is 11.3 Å². The van der Waals surface area contributed by atoms with Gasteiger partial charge in [-0.3, -0.25) is 19.6 Å². The van der Waals surface area contributed by atoms with Crippen LogP contribution in [0.2, 0.25) is 0 Å². The zero-order valence-electron chi connectivity index (χ0n) is 16.7. The molecule has 0 spiro atoms. The number of non-ortho nitro benzene ring substituents is 1. The summed E-state index contributed by atoms with van der Waals surface area (Å²) in [5.74, 6) is -0.291. The molecular formula is C20H19N5O5S2. The molecule has 2 heterocycles. The summed E-state index contributed by atoms with van der Waals surface area (Å²) in [6.45, 7) is 2.20. The molecule has 32 heavy (non-hydrogen) atoms. The minimum absolute atomic E-state index is 0.117. The first-order valence-electron chi connectivity index (χ1n) is 9.65. The Morgan fingerprint density at radius 2 is 1.84 bits per heavy atom. The molecule has 1 saturated heterocycles. The summed E-state index contributed by atoms with van der Waals surface area (Å²) in [5, 5.41) is 13.8. The Morgan fingerprint density at radius 3 is 2.53 bits per heavy atom. The number of rotatable bonds is 6. The molecule has 2 aromatic carbocycles. The van der Waals surface area contributed by atoms with Gasteiger partial charge in [0.2, 0.25) is 0 Å². The van der Waals surface area contributed by atoms with E-state index in [4.69, 9.17) is 0 Å². The summed E-state index contributed by atoms with van der Waals surface area (Å²) in [4.78, 5) is 31.3.